The first-order chi connectivity index (χ1) is 7.91. The number of alkyl halides is 3. The van der Waals surface area contributed by atoms with E-state index in [1.807, 2.05) is 5.43 Å². The lowest BCUT2D eigenvalue weighted by molar-refractivity contribution is -0.137. The standard InChI is InChI=1S/C9H7F3N4O/c10-9(11,12)4-1-2-5-6(3-4)15-7(14-5)8(17)16-13/h1-3H,13H2,(H,14,15)(H,16,17). The Morgan fingerprint density at radius 2 is 2.12 bits per heavy atom. The number of aromatic amines is 1. The summed E-state index contributed by atoms with van der Waals surface area (Å²) in [5.41, 5.74) is 1.40. The van der Waals surface area contributed by atoms with Gasteiger partial charge in [0.25, 0.3) is 0 Å². The Kier molecular flexibility index (Phi) is 2.50. The number of carbonyl (C=O) groups excluding carboxylic acids is 1. The minimum atomic E-state index is -4.43. The molecular weight excluding hydrogens is 237 g/mol. The van der Waals surface area contributed by atoms with E-state index in [-0.39, 0.29) is 16.9 Å². The summed E-state index contributed by atoms with van der Waals surface area (Å²) in [5, 5.41) is 0. The molecule has 2 aromatic rings. The molecule has 1 aromatic heterocycles. The van der Waals surface area contributed by atoms with Crippen molar-refractivity contribution in [3.8, 4) is 0 Å². The van der Waals surface area contributed by atoms with Crippen molar-refractivity contribution in [2.24, 2.45) is 5.84 Å². The summed E-state index contributed by atoms with van der Waals surface area (Å²) in [6.07, 6.45) is -4.43. The molecular formula is C9H7F3N4O. The fourth-order valence-corrected chi connectivity index (χ4v) is 1.36. The predicted octanol–water partition coefficient (Wildman–Crippen LogP) is 1.19. The number of hydrogen-bond donors (Lipinski definition) is 3. The van der Waals surface area contributed by atoms with Crippen LogP contribution in [-0.4, -0.2) is 15.9 Å². The summed E-state index contributed by atoms with van der Waals surface area (Å²) in [7, 11) is 0. The molecule has 0 atom stereocenters. The summed E-state index contributed by atoms with van der Waals surface area (Å²) in [6.45, 7) is 0. The van der Waals surface area contributed by atoms with E-state index >= 15 is 0 Å². The van der Waals surface area contributed by atoms with Crippen molar-refractivity contribution in [3.05, 3.63) is 29.6 Å². The maximum atomic E-state index is 12.4. The third kappa shape index (κ3) is 2.07. The first-order valence-electron chi connectivity index (χ1n) is 4.49. The number of carbonyl (C=O) groups is 1. The van der Waals surface area contributed by atoms with E-state index in [0.29, 0.717) is 0 Å². The molecule has 17 heavy (non-hydrogen) atoms. The van der Waals surface area contributed by atoms with Crippen LogP contribution in [0.2, 0.25) is 0 Å². The molecule has 0 aliphatic rings. The highest BCUT2D eigenvalue weighted by Crippen LogP contribution is 2.30. The monoisotopic (exact) mass is 244 g/mol. The number of benzene rings is 1. The average Bonchev–Trinajstić information content (AvgIpc) is 2.69. The van der Waals surface area contributed by atoms with Crippen LogP contribution in [0, 0.1) is 0 Å². The van der Waals surface area contributed by atoms with E-state index in [2.05, 4.69) is 9.97 Å². The Bertz CT molecular complexity index is 575. The summed E-state index contributed by atoms with van der Waals surface area (Å²) in [6, 6.07) is 2.96. The third-order valence-corrected chi connectivity index (χ3v) is 2.16. The van der Waals surface area contributed by atoms with Crippen LogP contribution in [0.3, 0.4) is 0 Å². The number of hydrogen-bond acceptors (Lipinski definition) is 3. The minimum Gasteiger partial charge on any atom is -0.334 e. The largest absolute Gasteiger partial charge is 0.416 e. The lowest BCUT2D eigenvalue weighted by Gasteiger charge is -2.05. The first-order valence-corrected chi connectivity index (χ1v) is 4.49. The van der Waals surface area contributed by atoms with Crippen LogP contribution in [0.15, 0.2) is 18.2 Å². The molecule has 8 heteroatoms. The topological polar surface area (TPSA) is 83.8 Å². The van der Waals surface area contributed by atoms with Crippen LogP contribution in [0.1, 0.15) is 16.2 Å². The Hall–Kier alpha value is -2.09. The van der Waals surface area contributed by atoms with Gasteiger partial charge in [0.2, 0.25) is 0 Å². The van der Waals surface area contributed by atoms with E-state index in [1.165, 1.54) is 6.07 Å². The van der Waals surface area contributed by atoms with Crippen LogP contribution in [0.5, 0.6) is 0 Å². The molecule has 1 amide bonds. The average molecular weight is 244 g/mol. The summed E-state index contributed by atoms with van der Waals surface area (Å²) in [4.78, 5) is 17.4. The number of rotatable bonds is 1. The Morgan fingerprint density at radius 3 is 2.71 bits per heavy atom. The summed E-state index contributed by atoms with van der Waals surface area (Å²) >= 11 is 0. The van der Waals surface area contributed by atoms with E-state index in [9.17, 15) is 18.0 Å². The van der Waals surface area contributed by atoms with Crippen molar-refractivity contribution in [2.75, 3.05) is 0 Å². The van der Waals surface area contributed by atoms with Crippen molar-refractivity contribution in [1.82, 2.24) is 15.4 Å². The molecule has 0 bridgehead atoms. The number of halogens is 3. The molecule has 0 spiro atoms. The molecule has 0 aliphatic heterocycles. The quantitative estimate of drug-likeness (QED) is 0.400. The lowest BCUT2D eigenvalue weighted by Crippen LogP contribution is -2.30. The van der Waals surface area contributed by atoms with Gasteiger partial charge in [-0.1, -0.05) is 0 Å². The molecule has 0 radical (unpaired) electrons. The van der Waals surface area contributed by atoms with E-state index < -0.39 is 17.6 Å². The van der Waals surface area contributed by atoms with Crippen LogP contribution >= 0.6 is 0 Å². The number of imidazole rings is 1. The molecule has 1 heterocycles. The highest BCUT2D eigenvalue weighted by Gasteiger charge is 2.30. The number of nitrogens with one attached hydrogen (secondary N) is 2. The lowest BCUT2D eigenvalue weighted by atomic mass is 10.2. The van der Waals surface area contributed by atoms with Crippen molar-refractivity contribution >= 4 is 16.9 Å². The predicted molar refractivity (Wildman–Crippen MR) is 52.7 cm³/mol. The molecule has 2 rings (SSSR count). The molecule has 5 nitrogen and oxygen atoms in total. The zero-order chi connectivity index (χ0) is 12.6. The smallest absolute Gasteiger partial charge is 0.334 e. The third-order valence-electron chi connectivity index (χ3n) is 2.16. The van der Waals surface area contributed by atoms with Gasteiger partial charge in [0.05, 0.1) is 16.6 Å². The Morgan fingerprint density at radius 1 is 1.41 bits per heavy atom. The number of amides is 1. The van der Waals surface area contributed by atoms with Crippen molar-refractivity contribution in [3.63, 3.8) is 0 Å². The van der Waals surface area contributed by atoms with Crippen LogP contribution in [-0.2, 0) is 6.18 Å². The Labute approximate surface area is 92.8 Å². The number of nitrogens with zero attached hydrogens (tertiary/aromatic N) is 1. The molecule has 0 saturated carbocycles. The molecule has 0 aliphatic carbocycles. The fraction of sp³-hybridized carbons (Fsp3) is 0.111. The van der Waals surface area contributed by atoms with E-state index in [4.69, 9.17) is 5.84 Å². The maximum Gasteiger partial charge on any atom is 0.416 e. The highest BCUT2D eigenvalue weighted by atomic mass is 19.4. The number of hydrazine groups is 1. The van der Waals surface area contributed by atoms with E-state index in [1.54, 1.807) is 0 Å². The number of nitrogens with two attached hydrogens (primary N) is 1. The second kappa shape index (κ2) is 3.74. The molecule has 0 saturated heterocycles. The van der Waals surface area contributed by atoms with Gasteiger partial charge in [-0.15, -0.1) is 0 Å². The summed E-state index contributed by atoms with van der Waals surface area (Å²) < 4.78 is 37.2. The van der Waals surface area contributed by atoms with Gasteiger partial charge in [-0.3, -0.25) is 10.2 Å². The normalized spacial score (nSPS) is 11.8. The molecule has 4 N–H and O–H groups in total. The number of H-pyrrole nitrogens is 1. The van der Waals surface area contributed by atoms with Gasteiger partial charge >= 0.3 is 12.1 Å². The number of fused-ring (bicyclic) bond motifs is 1. The van der Waals surface area contributed by atoms with Gasteiger partial charge in [-0.05, 0) is 18.2 Å². The van der Waals surface area contributed by atoms with Gasteiger partial charge in [0.1, 0.15) is 0 Å². The fourth-order valence-electron chi connectivity index (χ4n) is 1.36. The second-order valence-corrected chi connectivity index (χ2v) is 3.29. The van der Waals surface area contributed by atoms with Gasteiger partial charge in [0, 0.05) is 0 Å². The number of nitrogen functional groups attached to an aromatic ring is 1. The first kappa shape index (κ1) is 11.4. The maximum absolute atomic E-state index is 12.4. The van der Waals surface area contributed by atoms with Crippen molar-refractivity contribution in [2.45, 2.75) is 6.18 Å². The molecule has 1 aromatic carbocycles. The molecule has 90 valence electrons. The number of aromatic nitrogens is 2. The molecule has 0 fully saturated rings. The SMILES string of the molecule is NNC(=O)c1nc2ccc(C(F)(F)F)cc2[nH]1. The second-order valence-electron chi connectivity index (χ2n) is 3.29. The zero-order valence-corrected chi connectivity index (χ0v) is 8.30. The van der Waals surface area contributed by atoms with E-state index in [0.717, 1.165) is 12.1 Å². The van der Waals surface area contributed by atoms with Gasteiger partial charge in [0.15, 0.2) is 5.82 Å². The van der Waals surface area contributed by atoms with Crippen LogP contribution in [0.4, 0.5) is 13.2 Å². The summed E-state index contributed by atoms with van der Waals surface area (Å²) in [5.74, 6) is 4.05. The van der Waals surface area contributed by atoms with Gasteiger partial charge in [-0.25, -0.2) is 10.8 Å². The Balaban J connectivity index is 2.52. The van der Waals surface area contributed by atoms with Gasteiger partial charge in [-0.2, -0.15) is 13.2 Å². The van der Waals surface area contributed by atoms with Crippen LogP contribution < -0.4 is 11.3 Å². The molecule has 0 unspecified atom stereocenters. The van der Waals surface area contributed by atoms with Gasteiger partial charge < -0.3 is 4.98 Å². The van der Waals surface area contributed by atoms with Crippen molar-refractivity contribution in [1.29, 1.82) is 0 Å². The zero-order valence-electron chi connectivity index (χ0n) is 8.30. The highest BCUT2D eigenvalue weighted by molar-refractivity contribution is 5.93. The minimum absolute atomic E-state index is 0.124. The van der Waals surface area contributed by atoms with Crippen molar-refractivity contribution < 1.29 is 18.0 Å². The van der Waals surface area contributed by atoms with Crippen LogP contribution in [0.25, 0.3) is 11.0 Å².